The molecule has 2 nitrogen and oxygen atoms in total. The minimum Gasteiger partial charge on any atom is -0.310 e. The molecule has 0 aliphatic heterocycles. The van der Waals surface area contributed by atoms with Gasteiger partial charge in [-0.15, -0.1) is 0 Å². The molecule has 0 amide bonds. The molecule has 3 rings (SSSR count). The molecule has 0 bridgehead atoms. The van der Waals surface area contributed by atoms with E-state index in [0.717, 1.165) is 23.4 Å². The standard InChI is InChI=1S/C16H17FN2/c1-11-8-13(6-7-18-11)15-9-12(2-5-16(15)17)10-19-14-3-4-14/h2,5-9,14,19H,3-4,10H2,1H3. The fraction of sp³-hybridized carbons (Fsp3) is 0.312. The molecule has 1 fully saturated rings. The summed E-state index contributed by atoms with van der Waals surface area (Å²) in [5.41, 5.74) is 3.56. The second-order valence-corrected chi connectivity index (χ2v) is 5.16. The van der Waals surface area contributed by atoms with Crippen molar-refractivity contribution in [3.8, 4) is 11.1 Å². The van der Waals surface area contributed by atoms with Gasteiger partial charge in [0.25, 0.3) is 0 Å². The molecular weight excluding hydrogens is 239 g/mol. The van der Waals surface area contributed by atoms with Gasteiger partial charge in [-0.05, 0) is 55.2 Å². The lowest BCUT2D eigenvalue weighted by atomic mass is 10.0. The van der Waals surface area contributed by atoms with E-state index in [1.165, 1.54) is 12.8 Å². The van der Waals surface area contributed by atoms with E-state index in [1.54, 1.807) is 12.3 Å². The third-order valence-electron chi connectivity index (χ3n) is 3.41. The normalized spacial score (nSPS) is 14.6. The first kappa shape index (κ1) is 12.3. The number of halogens is 1. The fourth-order valence-corrected chi connectivity index (χ4v) is 2.17. The predicted octanol–water partition coefficient (Wildman–Crippen LogP) is 3.45. The molecule has 0 unspecified atom stereocenters. The van der Waals surface area contributed by atoms with Crippen molar-refractivity contribution in [1.29, 1.82) is 0 Å². The molecule has 1 aliphatic rings. The number of nitrogens with one attached hydrogen (secondary N) is 1. The average molecular weight is 256 g/mol. The minimum atomic E-state index is -0.180. The van der Waals surface area contributed by atoms with Gasteiger partial charge in [-0.3, -0.25) is 4.98 Å². The number of aryl methyl sites for hydroxylation is 1. The Morgan fingerprint density at radius 1 is 1.26 bits per heavy atom. The fourth-order valence-electron chi connectivity index (χ4n) is 2.17. The number of hydrogen-bond acceptors (Lipinski definition) is 2. The van der Waals surface area contributed by atoms with Crippen molar-refractivity contribution < 1.29 is 4.39 Å². The predicted molar refractivity (Wildman–Crippen MR) is 74.2 cm³/mol. The van der Waals surface area contributed by atoms with Crippen LogP contribution in [-0.2, 0) is 6.54 Å². The smallest absolute Gasteiger partial charge is 0.131 e. The average Bonchev–Trinajstić information content (AvgIpc) is 3.22. The number of benzene rings is 1. The van der Waals surface area contributed by atoms with Gasteiger partial charge in [0.1, 0.15) is 5.82 Å². The summed E-state index contributed by atoms with van der Waals surface area (Å²) in [7, 11) is 0. The van der Waals surface area contributed by atoms with Crippen molar-refractivity contribution in [3.05, 3.63) is 53.6 Å². The van der Waals surface area contributed by atoms with Gasteiger partial charge in [0.15, 0.2) is 0 Å². The number of pyridine rings is 1. The number of nitrogens with zero attached hydrogens (tertiary/aromatic N) is 1. The molecule has 1 heterocycles. The third kappa shape index (κ3) is 2.99. The Morgan fingerprint density at radius 3 is 2.84 bits per heavy atom. The highest BCUT2D eigenvalue weighted by molar-refractivity contribution is 5.65. The number of aromatic nitrogens is 1. The van der Waals surface area contributed by atoms with Crippen molar-refractivity contribution in [2.75, 3.05) is 0 Å². The highest BCUT2D eigenvalue weighted by atomic mass is 19.1. The van der Waals surface area contributed by atoms with Gasteiger partial charge in [0.2, 0.25) is 0 Å². The summed E-state index contributed by atoms with van der Waals surface area (Å²) < 4.78 is 14.0. The Balaban J connectivity index is 1.88. The quantitative estimate of drug-likeness (QED) is 0.906. The summed E-state index contributed by atoms with van der Waals surface area (Å²) in [5, 5.41) is 3.45. The SMILES string of the molecule is Cc1cc(-c2cc(CNC3CC3)ccc2F)ccn1. The lowest BCUT2D eigenvalue weighted by Gasteiger charge is -2.08. The van der Waals surface area contributed by atoms with Crippen molar-refractivity contribution in [2.45, 2.75) is 32.4 Å². The Hall–Kier alpha value is -1.74. The van der Waals surface area contributed by atoms with Crippen LogP contribution in [0.25, 0.3) is 11.1 Å². The Kier molecular flexibility index (Phi) is 3.30. The number of hydrogen-bond donors (Lipinski definition) is 1. The summed E-state index contributed by atoms with van der Waals surface area (Å²) in [4.78, 5) is 4.15. The van der Waals surface area contributed by atoms with Crippen molar-refractivity contribution in [3.63, 3.8) is 0 Å². The first-order chi connectivity index (χ1) is 9.22. The zero-order chi connectivity index (χ0) is 13.2. The van der Waals surface area contributed by atoms with Crippen molar-refractivity contribution in [1.82, 2.24) is 10.3 Å². The second kappa shape index (κ2) is 5.10. The first-order valence-corrected chi connectivity index (χ1v) is 6.67. The van der Waals surface area contributed by atoms with Gasteiger partial charge < -0.3 is 5.32 Å². The monoisotopic (exact) mass is 256 g/mol. The van der Waals surface area contributed by atoms with Gasteiger partial charge in [-0.25, -0.2) is 4.39 Å². The molecule has 1 aromatic heterocycles. The maximum absolute atomic E-state index is 14.0. The van der Waals surface area contributed by atoms with E-state index in [-0.39, 0.29) is 5.82 Å². The van der Waals surface area contributed by atoms with Crippen molar-refractivity contribution in [2.24, 2.45) is 0 Å². The van der Waals surface area contributed by atoms with Crippen LogP contribution < -0.4 is 5.32 Å². The maximum atomic E-state index is 14.0. The zero-order valence-electron chi connectivity index (χ0n) is 11.0. The summed E-state index contributed by atoms with van der Waals surface area (Å²) in [6.07, 6.45) is 4.24. The van der Waals surface area contributed by atoms with Crippen LogP contribution in [0.15, 0.2) is 36.5 Å². The van der Waals surface area contributed by atoms with E-state index in [2.05, 4.69) is 10.3 Å². The molecule has 0 spiro atoms. The molecule has 98 valence electrons. The maximum Gasteiger partial charge on any atom is 0.131 e. The highest BCUT2D eigenvalue weighted by Crippen LogP contribution is 2.25. The largest absolute Gasteiger partial charge is 0.310 e. The van der Waals surface area contributed by atoms with Crippen LogP contribution in [0, 0.1) is 12.7 Å². The van der Waals surface area contributed by atoms with Crippen LogP contribution in [0.1, 0.15) is 24.1 Å². The Bertz CT molecular complexity index is 591. The van der Waals surface area contributed by atoms with E-state index in [9.17, 15) is 4.39 Å². The van der Waals surface area contributed by atoms with Gasteiger partial charge >= 0.3 is 0 Å². The van der Waals surface area contributed by atoms with E-state index < -0.39 is 0 Å². The van der Waals surface area contributed by atoms with E-state index in [4.69, 9.17) is 0 Å². The molecule has 1 N–H and O–H groups in total. The van der Waals surface area contributed by atoms with Gasteiger partial charge in [0.05, 0.1) is 0 Å². The topological polar surface area (TPSA) is 24.9 Å². The van der Waals surface area contributed by atoms with Crippen LogP contribution >= 0.6 is 0 Å². The van der Waals surface area contributed by atoms with Crippen LogP contribution in [0.2, 0.25) is 0 Å². The molecule has 0 saturated heterocycles. The van der Waals surface area contributed by atoms with Crippen LogP contribution in [0.3, 0.4) is 0 Å². The zero-order valence-corrected chi connectivity index (χ0v) is 11.0. The lowest BCUT2D eigenvalue weighted by Crippen LogP contribution is -2.15. The Labute approximate surface area is 112 Å². The van der Waals surface area contributed by atoms with Crippen molar-refractivity contribution >= 4 is 0 Å². The van der Waals surface area contributed by atoms with Gasteiger partial charge in [-0.1, -0.05) is 6.07 Å². The molecule has 19 heavy (non-hydrogen) atoms. The molecule has 1 saturated carbocycles. The molecule has 0 atom stereocenters. The van der Waals surface area contributed by atoms with Gasteiger partial charge in [-0.2, -0.15) is 0 Å². The molecular formula is C16H17FN2. The third-order valence-corrected chi connectivity index (χ3v) is 3.41. The summed E-state index contributed by atoms with van der Waals surface area (Å²) in [6, 6.07) is 9.76. The summed E-state index contributed by atoms with van der Waals surface area (Å²) >= 11 is 0. The van der Waals surface area contributed by atoms with Crippen LogP contribution in [0.5, 0.6) is 0 Å². The van der Waals surface area contributed by atoms with E-state index >= 15 is 0 Å². The van der Waals surface area contributed by atoms with E-state index in [0.29, 0.717) is 11.6 Å². The molecule has 3 heteroatoms. The van der Waals surface area contributed by atoms with Crippen LogP contribution in [0.4, 0.5) is 4.39 Å². The molecule has 1 aromatic carbocycles. The first-order valence-electron chi connectivity index (χ1n) is 6.67. The molecule has 0 radical (unpaired) electrons. The molecule has 2 aromatic rings. The summed E-state index contributed by atoms with van der Waals surface area (Å²) in [6.45, 7) is 2.72. The highest BCUT2D eigenvalue weighted by Gasteiger charge is 2.20. The molecule has 1 aliphatic carbocycles. The Morgan fingerprint density at radius 2 is 2.11 bits per heavy atom. The van der Waals surface area contributed by atoms with Gasteiger partial charge in [0, 0.05) is 30.0 Å². The van der Waals surface area contributed by atoms with Crippen LogP contribution in [-0.4, -0.2) is 11.0 Å². The summed E-state index contributed by atoms with van der Waals surface area (Å²) in [5.74, 6) is -0.180. The lowest BCUT2D eigenvalue weighted by molar-refractivity contribution is 0.628. The minimum absolute atomic E-state index is 0.180. The van der Waals surface area contributed by atoms with E-state index in [1.807, 2.05) is 31.2 Å². The second-order valence-electron chi connectivity index (χ2n) is 5.16. The number of rotatable bonds is 4.